The van der Waals surface area contributed by atoms with Crippen molar-refractivity contribution < 1.29 is 19.8 Å². The van der Waals surface area contributed by atoms with Gasteiger partial charge in [-0.15, -0.1) is 4.73 Å². The minimum absolute atomic E-state index is 0.0145. The standard InChI is InChI=1S/C8H9NO4S/c1-5(10)4-8(14)13-9-6(11)2-3-7(9)12/h2-3,11-12H,4H2,1H3. The summed E-state index contributed by atoms with van der Waals surface area (Å²) in [4.78, 5) is 15.5. The molecule has 0 amide bonds. The maximum absolute atomic E-state index is 10.7. The third-order valence-electron chi connectivity index (χ3n) is 1.38. The first kappa shape index (κ1) is 10.5. The summed E-state index contributed by atoms with van der Waals surface area (Å²) in [6.07, 6.45) is -0.0353. The SMILES string of the molecule is CC(=O)CC(=S)On1c(O)ccc1O. The molecule has 5 nitrogen and oxygen atoms in total. The molecule has 0 unspecified atom stereocenters. The van der Waals surface area contributed by atoms with Gasteiger partial charge in [0.25, 0.3) is 0 Å². The molecule has 0 spiro atoms. The van der Waals surface area contributed by atoms with Gasteiger partial charge in [-0.25, -0.2) is 0 Å². The number of Topliss-reactive ketones (excluding diaryl/α,β-unsaturated/α-hetero) is 1. The van der Waals surface area contributed by atoms with E-state index >= 15 is 0 Å². The Bertz CT molecular complexity index is 352. The Hall–Kier alpha value is -1.56. The number of rotatable bonds is 3. The second kappa shape index (κ2) is 4.10. The lowest BCUT2D eigenvalue weighted by atomic mass is 10.3. The van der Waals surface area contributed by atoms with Gasteiger partial charge < -0.3 is 15.1 Å². The zero-order valence-corrected chi connectivity index (χ0v) is 8.24. The lowest BCUT2D eigenvalue weighted by Crippen LogP contribution is -2.19. The molecule has 1 heterocycles. The lowest BCUT2D eigenvalue weighted by molar-refractivity contribution is -0.116. The zero-order chi connectivity index (χ0) is 10.7. The molecular formula is C8H9NO4S. The van der Waals surface area contributed by atoms with Gasteiger partial charge in [0, 0.05) is 12.1 Å². The quantitative estimate of drug-likeness (QED) is 0.724. The van der Waals surface area contributed by atoms with Gasteiger partial charge in [-0.1, -0.05) is 0 Å². The van der Waals surface area contributed by atoms with Crippen LogP contribution >= 0.6 is 12.2 Å². The molecule has 0 bridgehead atoms. The van der Waals surface area contributed by atoms with Crippen LogP contribution in [0.2, 0.25) is 0 Å². The molecule has 0 aliphatic rings. The van der Waals surface area contributed by atoms with Crippen molar-refractivity contribution in [2.75, 3.05) is 0 Å². The molecule has 0 radical (unpaired) electrons. The van der Waals surface area contributed by atoms with Gasteiger partial charge in [-0.05, 0) is 19.1 Å². The molecule has 1 aromatic rings. The van der Waals surface area contributed by atoms with E-state index in [0.717, 1.165) is 4.73 Å². The molecule has 0 aromatic carbocycles. The third-order valence-corrected chi connectivity index (χ3v) is 1.60. The van der Waals surface area contributed by atoms with Crippen molar-refractivity contribution in [1.29, 1.82) is 0 Å². The molecule has 76 valence electrons. The monoisotopic (exact) mass is 215 g/mol. The maximum Gasteiger partial charge on any atom is 0.229 e. The first-order chi connectivity index (χ1) is 6.50. The first-order valence-corrected chi connectivity index (χ1v) is 4.22. The van der Waals surface area contributed by atoms with Crippen LogP contribution in [-0.2, 0) is 4.79 Å². The Morgan fingerprint density at radius 1 is 1.50 bits per heavy atom. The molecule has 0 saturated carbocycles. The van der Waals surface area contributed by atoms with Gasteiger partial charge in [0.1, 0.15) is 5.78 Å². The van der Waals surface area contributed by atoms with Gasteiger partial charge in [0.05, 0.1) is 6.42 Å². The van der Waals surface area contributed by atoms with Crippen LogP contribution in [0.15, 0.2) is 12.1 Å². The van der Waals surface area contributed by atoms with Crippen LogP contribution in [0.25, 0.3) is 0 Å². The summed E-state index contributed by atoms with van der Waals surface area (Å²) in [6, 6.07) is 2.48. The Kier molecular flexibility index (Phi) is 3.08. The summed E-state index contributed by atoms with van der Waals surface area (Å²) in [5.41, 5.74) is 0. The second-order valence-electron chi connectivity index (χ2n) is 2.69. The van der Waals surface area contributed by atoms with Crippen molar-refractivity contribution in [2.24, 2.45) is 0 Å². The molecule has 1 rings (SSSR count). The van der Waals surface area contributed by atoms with Crippen molar-refractivity contribution in [1.82, 2.24) is 4.73 Å². The predicted octanol–water partition coefficient (Wildman–Crippen LogP) is 0.634. The summed E-state index contributed by atoms with van der Waals surface area (Å²) in [5.74, 6) is -0.720. The van der Waals surface area contributed by atoms with Crippen LogP contribution in [0, 0.1) is 0 Å². The van der Waals surface area contributed by atoms with Crippen LogP contribution in [0.1, 0.15) is 13.3 Å². The van der Waals surface area contributed by atoms with E-state index in [4.69, 9.17) is 27.3 Å². The maximum atomic E-state index is 10.7. The van der Waals surface area contributed by atoms with E-state index in [1.165, 1.54) is 19.1 Å². The number of aromatic hydroxyl groups is 2. The summed E-state index contributed by atoms with van der Waals surface area (Å²) < 4.78 is 0.741. The minimum atomic E-state index is -0.284. The van der Waals surface area contributed by atoms with Crippen LogP contribution in [-0.4, -0.2) is 25.8 Å². The van der Waals surface area contributed by atoms with E-state index < -0.39 is 0 Å². The molecule has 1 aromatic heterocycles. The van der Waals surface area contributed by atoms with Crippen LogP contribution in [0.4, 0.5) is 0 Å². The number of hydrogen-bond acceptors (Lipinski definition) is 5. The molecule has 6 heteroatoms. The summed E-state index contributed by atoms with van der Waals surface area (Å²) in [7, 11) is 0. The first-order valence-electron chi connectivity index (χ1n) is 3.81. The second-order valence-corrected chi connectivity index (χ2v) is 3.14. The molecule has 0 aliphatic carbocycles. The fraction of sp³-hybridized carbons (Fsp3) is 0.250. The van der Waals surface area contributed by atoms with Crippen molar-refractivity contribution in [2.45, 2.75) is 13.3 Å². The number of nitrogens with zero attached hydrogens (tertiary/aromatic N) is 1. The minimum Gasteiger partial charge on any atom is -0.492 e. The fourth-order valence-electron chi connectivity index (χ4n) is 0.833. The van der Waals surface area contributed by atoms with E-state index in [2.05, 4.69) is 0 Å². The van der Waals surface area contributed by atoms with E-state index in [1.807, 2.05) is 0 Å². The Morgan fingerprint density at radius 2 is 2.00 bits per heavy atom. The summed E-state index contributed by atoms with van der Waals surface area (Å²) in [5, 5.41) is 18.3. The zero-order valence-electron chi connectivity index (χ0n) is 7.43. The number of ketones is 1. The van der Waals surface area contributed by atoms with Gasteiger partial charge in [0.15, 0.2) is 0 Å². The number of aromatic nitrogens is 1. The number of carbonyl (C=O) groups is 1. The van der Waals surface area contributed by atoms with Crippen molar-refractivity contribution in [3.63, 3.8) is 0 Å². The topological polar surface area (TPSA) is 71.7 Å². The van der Waals surface area contributed by atoms with E-state index in [0.29, 0.717) is 0 Å². The Morgan fingerprint density at radius 3 is 2.43 bits per heavy atom. The molecule has 0 atom stereocenters. The molecule has 0 aliphatic heterocycles. The van der Waals surface area contributed by atoms with Gasteiger partial charge in [0.2, 0.25) is 16.8 Å². The molecular weight excluding hydrogens is 206 g/mol. The Balaban J connectivity index is 2.69. The highest BCUT2D eigenvalue weighted by Crippen LogP contribution is 2.18. The smallest absolute Gasteiger partial charge is 0.229 e. The molecule has 14 heavy (non-hydrogen) atoms. The fourth-order valence-corrected chi connectivity index (χ4v) is 1.11. The average Bonchev–Trinajstić information content (AvgIpc) is 2.34. The summed E-state index contributed by atoms with van der Waals surface area (Å²) in [6.45, 7) is 1.37. The molecule has 2 N–H and O–H groups in total. The van der Waals surface area contributed by atoms with Crippen molar-refractivity contribution in [3.05, 3.63) is 12.1 Å². The number of thiocarbonyl (C=S) groups is 1. The van der Waals surface area contributed by atoms with Crippen LogP contribution in [0.5, 0.6) is 11.8 Å². The van der Waals surface area contributed by atoms with Crippen molar-refractivity contribution >= 4 is 23.1 Å². The lowest BCUT2D eigenvalue weighted by Gasteiger charge is -2.07. The Labute approximate surface area is 85.5 Å². The van der Waals surface area contributed by atoms with E-state index in [-0.39, 0.29) is 29.0 Å². The normalized spacial score (nSPS) is 9.79. The highest BCUT2D eigenvalue weighted by Gasteiger charge is 2.10. The largest absolute Gasteiger partial charge is 0.492 e. The van der Waals surface area contributed by atoms with Crippen molar-refractivity contribution in [3.8, 4) is 11.8 Å². The van der Waals surface area contributed by atoms with E-state index in [9.17, 15) is 4.79 Å². The number of carbonyl (C=O) groups excluding carboxylic acids is 1. The predicted molar refractivity (Wildman–Crippen MR) is 52.2 cm³/mol. The highest BCUT2D eigenvalue weighted by atomic mass is 32.1. The van der Waals surface area contributed by atoms with Crippen LogP contribution < -0.4 is 4.84 Å². The van der Waals surface area contributed by atoms with Gasteiger partial charge in [-0.2, -0.15) is 0 Å². The van der Waals surface area contributed by atoms with E-state index in [1.54, 1.807) is 0 Å². The number of hydrogen-bond donors (Lipinski definition) is 2. The average molecular weight is 215 g/mol. The van der Waals surface area contributed by atoms with Gasteiger partial charge in [-0.3, -0.25) is 4.79 Å². The third kappa shape index (κ3) is 2.46. The van der Waals surface area contributed by atoms with Gasteiger partial charge >= 0.3 is 0 Å². The molecule has 0 fully saturated rings. The molecule has 0 saturated heterocycles. The highest BCUT2D eigenvalue weighted by molar-refractivity contribution is 7.80. The van der Waals surface area contributed by atoms with Crippen LogP contribution in [0.3, 0.4) is 0 Å². The summed E-state index contributed by atoms with van der Waals surface area (Å²) >= 11 is 4.71.